The molecule has 1 heterocycles. The Labute approximate surface area is 187 Å². The van der Waals surface area contributed by atoms with Gasteiger partial charge in [-0.15, -0.1) is 0 Å². The maximum absolute atomic E-state index is 6.56. The Bertz CT molecular complexity index is 986. The van der Waals surface area contributed by atoms with Crippen LogP contribution in [0.5, 0.6) is 5.75 Å². The van der Waals surface area contributed by atoms with Gasteiger partial charge >= 0.3 is 0 Å². The van der Waals surface area contributed by atoms with Crippen LogP contribution in [0.2, 0.25) is 20.1 Å². The van der Waals surface area contributed by atoms with Crippen molar-refractivity contribution in [3.63, 3.8) is 0 Å². The van der Waals surface area contributed by atoms with E-state index >= 15 is 0 Å². The molecule has 1 aliphatic heterocycles. The van der Waals surface area contributed by atoms with E-state index in [2.05, 4.69) is 5.32 Å². The van der Waals surface area contributed by atoms with Crippen molar-refractivity contribution in [3.8, 4) is 5.75 Å². The van der Waals surface area contributed by atoms with Crippen LogP contribution in [0.3, 0.4) is 0 Å². The van der Waals surface area contributed by atoms with Crippen LogP contribution in [0.4, 0.5) is 17.1 Å². The molecule has 3 aromatic carbocycles. The summed E-state index contributed by atoms with van der Waals surface area (Å²) in [4.78, 5) is 3.93. The molecule has 8 heteroatoms. The summed E-state index contributed by atoms with van der Waals surface area (Å²) in [6.07, 6.45) is 0. The highest BCUT2D eigenvalue weighted by Gasteiger charge is 2.28. The van der Waals surface area contributed by atoms with Crippen molar-refractivity contribution in [1.82, 2.24) is 0 Å². The van der Waals surface area contributed by atoms with Gasteiger partial charge in [-0.2, -0.15) is 0 Å². The SMILES string of the molecule is COc1ccc(NCN2c3c(Cl)cc(Cl)cc3Sc3cc(Cl)cc(Cl)c32)cc1. The molecule has 0 unspecified atom stereocenters. The zero-order valence-electron chi connectivity index (χ0n) is 14.6. The lowest BCUT2D eigenvalue weighted by Gasteiger charge is -2.34. The van der Waals surface area contributed by atoms with Crippen molar-refractivity contribution in [2.24, 2.45) is 0 Å². The fraction of sp³-hybridized carbons (Fsp3) is 0.100. The van der Waals surface area contributed by atoms with E-state index in [0.717, 1.165) is 32.6 Å². The monoisotopic (exact) mass is 470 g/mol. The van der Waals surface area contributed by atoms with E-state index in [0.29, 0.717) is 26.8 Å². The Morgan fingerprint density at radius 1 is 0.857 bits per heavy atom. The van der Waals surface area contributed by atoms with Gasteiger partial charge in [0.05, 0.1) is 35.2 Å². The van der Waals surface area contributed by atoms with Crippen LogP contribution in [0.15, 0.2) is 58.3 Å². The zero-order valence-corrected chi connectivity index (χ0v) is 18.4. The average molecular weight is 472 g/mol. The molecule has 0 aliphatic carbocycles. The molecule has 0 saturated heterocycles. The largest absolute Gasteiger partial charge is 0.497 e. The van der Waals surface area contributed by atoms with Gasteiger partial charge in [0.15, 0.2) is 0 Å². The van der Waals surface area contributed by atoms with Crippen LogP contribution in [-0.2, 0) is 0 Å². The molecule has 4 rings (SSSR count). The van der Waals surface area contributed by atoms with Gasteiger partial charge < -0.3 is 15.0 Å². The molecular weight excluding hydrogens is 458 g/mol. The summed E-state index contributed by atoms with van der Waals surface area (Å²) >= 11 is 27.1. The first kappa shape index (κ1) is 19.9. The van der Waals surface area contributed by atoms with Crippen LogP contribution < -0.4 is 15.0 Å². The molecule has 0 spiro atoms. The summed E-state index contributed by atoms with van der Waals surface area (Å²) in [7, 11) is 1.64. The molecule has 28 heavy (non-hydrogen) atoms. The number of ether oxygens (including phenoxy) is 1. The highest BCUT2D eigenvalue weighted by Crippen LogP contribution is 2.54. The van der Waals surface area contributed by atoms with Crippen molar-refractivity contribution in [3.05, 3.63) is 68.6 Å². The molecule has 3 aromatic rings. The van der Waals surface area contributed by atoms with E-state index in [-0.39, 0.29) is 0 Å². The van der Waals surface area contributed by atoms with Crippen molar-refractivity contribution < 1.29 is 4.74 Å². The number of nitrogens with one attached hydrogen (secondary N) is 1. The second-order valence-electron chi connectivity index (χ2n) is 6.06. The number of anilines is 3. The van der Waals surface area contributed by atoms with Crippen LogP contribution in [0.1, 0.15) is 0 Å². The highest BCUT2D eigenvalue weighted by molar-refractivity contribution is 7.99. The highest BCUT2D eigenvalue weighted by atomic mass is 35.5. The molecule has 0 fully saturated rings. The lowest BCUT2D eigenvalue weighted by Crippen LogP contribution is -2.27. The van der Waals surface area contributed by atoms with E-state index in [1.807, 2.05) is 41.3 Å². The minimum atomic E-state index is 0.454. The summed E-state index contributed by atoms with van der Waals surface area (Å²) < 4.78 is 5.21. The fourth-order valence-electron chi connectivity index (χ4n) is 3.03. The van der Waals surface area contributed by atoms with Gasteiger partial charge in [-0.25, -0.2) is 0 Å². The summed E-state index contributed by atoms with van der Waals surface area (Å²) in [6, 6.07) is 15.0. The summed E-state index contributed by atoms with van der Waals surface area (Å²) in [5.74, 6) is 0.797. The van der Waals surface area contributed by atoms with Gasteiger partial charge in [0.1, 0.15) is 5.75 Å². The number of hydrogen-bond donors (Lipinski definition) is 1. The normalized spacial score (nSPS) is 12.4. The number of rotatable bonds is 4. The standard InChI is InChI=1S/C20H14Cl4N2OS/c1-27-14-4-2-13(3-5-14)25-10-26-19-15(23)6-11(21)8-17(19)28-18-9-12(22)7-16(24)20(18)26/h2-9,25H,10H2,1H3. The molecule has 0 radical (unpaired) electrons. The van der Waals surface area contributed by atoms with Crippen LogP contribution in [-0.4, -0.2) is 13.8 Å². The number of nitrogens with zero attached hydrogens (tertiary/aromatic N) is 1. The third-order valence-corrected chi connectivity index (χ3v) is 6.35. The van der Waals surface area contributed by atoms with Crippen LogP contribution >= 0.6 is 58.2 Å². The van der Waals surface area contributed by atoms with Gasteiger partial charge in [0, 0.05) is 25.5 Å². The zero-order chi connectivity index (χ0) is 19.8. The van der Waals surface area contributed by atoms with E-state index in [4.69, 9.17) is 51.1 Å². The lowest BCUT2D eigenvalue weighted by atomic mass is 10.2. The van der Waals surface area contributed by atoms with Crippen molar-refractivity contribution in [2.75, 3.05) is 24.0 Å². The average Bonchev–Trinajstić information content (AvgIpc) is 2.65. The molecule has 0 amide bonds. The number of fused-ring (bicyclic) bond motifs is 2. The Morgan fingerprint density at radius 2 is 1.39 bits per heavy atom. The minimum Gasteiger partial charge on any atom is -0.497 e. The van der Waals surface area contributed by atoms with Gasteiger partial charge in [0.25, 0.3) is 0 Å². The topological polar surface area (TPSA) is 24.5 Å². The Hall–Kier alpha value is -1.43. The summed E-state index contributed by atoms with van der Waals surface area (Å²) in [6.45, 7) is 0.454. The van der Waals surface area contributed by atoms with Crippen LogP contribution in [0.25, 0.3) is 0 Å². The maximum Gasteiger partial charge on any atom is 0.119 e. The Morgan fingerprint density at radius 3 is 1.89 bits per heavy atom. The molecule has 3 nitrogen and oxygen atoms in total. The predicted octanol–water partition coefficient (Wildman–Crippen LogP) is 7.98. The van der Waals surface area contributed by atoms with Gasteiger partial charge in [-0.3, -0.25) is 0 Å². The Kier molecular flexibility index (Phi) is 5.77. The third kappa shape index (κ3) is 3.85. The van der Waals surface area contributed by atoms with Crippen molar-refractivity contribution >= 4 is 75.2 Å². The summed E-state index contributed by atoms with van der Waals surface area (Å²) in [5, 5.41) is 5.69. The van der Waals surface area contributed by atoms with E-state index < -0.39 is 0 Å². The maximum atomic E-state index is 6.56. The molecule has 0 saturated carbocycles. The number of hydrogen-bond acceptors (Lipinski definition) is 4. The van der Waals surface area contributed by atoms with Gasteiger partial charge in [-0.05, 0) is 48.5 Å². The van der Waals surface area contributed by atoms with Crippen molar-refractivity contribution in [1.29, 1.82) is 0 Å². The third-order valence-electron chi connectivity index (χ3n) is 4.28. The van der Waals surface area contributed by atoms with E-state index in [9.17, 15) is 0 Å². The smallest absolute Gasteiger partial charge is 0.119 e. The van der Waals surface area contributed by atoms with Gasteiger partial charge in [0.2, 0.25) is 0 Å². The van der Waals surface area contributed by atoms with E-state index in [1.54, 1.807) is 31.0 Å². The number of benzene rings is 3. The molecule has 0 bridgehead atoms. The quantitative estimate of drug-likeness (QED) is 0.416. The minimum absolute atomic E-state index is 0.454. The first-order valence-corrected chi connectivity index (χ1v) is 10.6. The molecule has 0 aromatic heterocycles. The molecular formula is C20H14Cl4N2OS. The number of halogens is 4. The van der Waals surface area contributed by atoms with Crippen molar-refractivity contribution in [2.45, 2.75) is 9.79 Å². The molecule has 0 atom stereocenters. The predicted molar refractivity (Wildman–Crippen MR) is 121 cm³/mol. The second-order valence-corrected chi connectivity index (χ2v) is 8.83. The molecule has 1 aliphatic rings. The Balaban J connectivity index is 1.74. The lowest BCUT2D eigenvalue weighted by molar-refractivity contribution is 0.415. The molecule has 1 N–H and O–H groups in total. The van der Waals surface area contributed by atoms with Crippen LogP contribution in [0, 0.1) is 0 Å². The molecule has 144 valence electrons. The summed E-state index contributed by atoms with van der Waals surface area (Å²) in [5.41, 5.74) is 2.65. The van der Waals surface area contributed by atoms with E-state index in [1.165, 1.54) is 0 Å². The fourth-order valence-corrected chi connectivity index (χ4v) is 5.71. The number of methoxy groups -OCH3 is 1. The second kappa shape index (κ2) is 8.13. The first-order chi connectivity index (χ1) is 13.5. The van der Waals surface area contributed by atoms with Gasteiger partial charge in [-0.1, -0.05) is 58.2 Å². The first-order valence-electron chi connectivity index (χ1n) is 8.27.